The Morgan fingerprint density at radius 2 is 2.00 bits per heavy atom. The maximum Gasteiger partial charge on any atom is 0.308 e. The molecule has 1 N–H and O–H groups in total. The van der Waals surface area contributed by atoms with E-state index >= 15 is 0 Å². The Labute approximate surface area is 162 Å². The van der Waals surface area contributed by atoms with E-state index in [0.29, 0.717) is 47.7 Å². The van der Waals surface area contributed by atoms with Crippen LogP contribution in [0.15, 0.2) is 47.1 Å². The molecule has 3 rings (SSSR count). The molecule has 0 saturated carbocycles. The van der Waals surface area contributed by atoms with Crippen molar-refractivity contribution in [3.63, 3.8) is 0 Å². The Hall–Kier alpha value is -3.03. The van der Waals surface area contributed by atoms with Crippen molar-refractivity contribution in [3.05, 3.63) is 53.8 Å². The molecule has 0 aliphatic rings. The average molecular weight is 386 g/mol. The lowest BCUT2D eigenvalue weighted by molar-refractivity contribution is -0.131. The third-order valence-corrected chi connectivity index (χ3v) is 4.04. The van der Waals surface area contributed by atoms with Crippen LogP contribution in [0.3, 0.4) is 0 Å². The van der Waals surface area contributed by atoms with E-state index in [4.69, 9.17) is 23.4 Å². The van der Waals surface area contributed by atoms with Crippen molar-refractivity contribution in [1.29, 1.82) is 0 Å². The van der Waals surface area contributed by atoms with Crippen LogP contribution in [-0.4, -0.2) is 31.6 Å². The molecule has 148 valence electrons. The minimum absolute atomic E-state index is 0.0406. The summed E-state index contributed by atoms with van der Waals surface area (Å²) in [5, 5.41) is 10.5. The number of furan rings is 1. The van der Waals surface area contributed by atoms with Gasteiger partial charge in [-0.3, -0.25) is 4.79 Å². The molecule has 1 aromatic heterocycles. The molecule has 0 unspecified atom stereocenters. The normalized spacial score (nSPS) is 10.9. The summed E-state index contributed by atoms with van der Waals surface area (Å²) in [6.07, 6.45) is 1.60. The number of rotatable bonds is 9. The predicted molar refractivity (Wildman–Crippen MR) is 101 cm³/mol. The fraction of sp³-hybridized carbons (Fsp3) is 0.286. The molecule has 2 aromatic carbocycles. The first-order valence-corrected chi connectivity index (χ1v) is 8.78. The molecule has 0 bridgehead atoms. The molecule has 0 spiro atoms. The van der Waals surface area contributed by atoms with Gasteiger partial charge in [0.05, 0.1) is 13.2 Å². The van der Waals surface area contributed by atoms with Crippen molar-refractivity contribution in [1.82, 2.24) is 0 Å². The van der Waals surface area contributed by atoms with E-state index in [9.17, 15) is 9.90 Å². The molecule has 0 atom stereocenters. The van der Waals surface area contributed by atoms with Crippen LogP contribution in [-0.2, 0) is 27.3 Å². The number of benzene rings is 2. The summed E-state index contributed by atoms with van der Waals surface area (Å²) in [4.78, 5) is 11.5. The van der Waals surface area contributed by atoms with Gasteiger partial charge in [0.1, 0.15) is 28.7 Å². The number of carbonyl (C=O) groups is 1. The van der Waals surface area contributed by atoms with Crippen LogP contribution >= 0.6 is 0 Å². The highest BCUT2D eigenvalue weighted by Gasteiger charge is 2.22. The zero-order chi connectivity index (χ0) is 19.9. The van der Waals surface area contributed by atoms with Crippen LogP contribution in [0.25, 0.3) is 11.0 Å². The number of carbonyl (C=O) groups excluding carboxylic acids is 1. The zero-order valence-corrected chi connectivity index (χ0v) is 15.8. The fourth-order valence-electron chi connectivity index (χ4n) is 2.87. The third kappa shape index (κ3) is 4.62. The number of hydrogen-bond acceptors (Lipinski definition) is 7. The monoisotopic (exact) mass is 386 g/mol. The molecule has 7 heteroatoms. The molecule has 0 radical (unpaired) electrons. The minimum atomic E-state index is -0.473. The van der Waals surface area contributed by atoms with Crippen LogP contribution in [0.4, 0.5) is 0 Å². The van der Waals surface area contributed by atoms with Gasteiger partial charge < -0.3 is 28.5 Å². The minimum Gasteiger partial charge on any atom is -0.504 e. The Morgan fingerprint density at radius 1 is 1.21 bits per heavy atom. The van der Waals surface area contributed by atoms with Gasteiger partial charge in [0.25, 0.3) is 0 Å². The highest BCUT2D eigenvalue weighted by atomic mass is 16.7. The average Bonchev–Trinajstić information content (AvgIpc) is 3.05. The van der Waals surface area contributed by atoms with Gasteiger partial charge in [-0.15, -0.1) is 0 Å². The largest absolute Gasteiger partial charge is 0.504 e. The van der Waals surface area contributed by atoms with Crippen molar-refractivity contribution >= 4 is 16.9 Å². The van der Waals surface area contributed by atoms with E-state index in [0.717, 1.165) is 5.56 Å². The van der Waals surface area contributed by atoms with E-state index in [-0.39, 0.29) is 12.5 Å². The Morgan fingerprint density at radius 3 is 2.71 bits per heavy atom. The number of ether oxygens (including phenoxy) is 4. The van der Waals surface area contributed by atoms with E-state index in [1.807, 2.05) is 30.3 Å². The molecule has 7 nitrogen and oxygen atoms in total. The van der Waals surface area contributed by atoms with Crippen molar-refractivity contribution in [3.8, 4) is 17.2 Å². The number of aromatic hydroxyl groups is 1. The van der Waals surface area contributed by atoms with E-state index in [1.165, 1.54) is 20.3 Å². The topological polar surface area (TPSA) is 87.4 Å². The SMILES string of the molecule is COCOc1c(CCOCc2ccccc2)c(OC(C)=O)cc2occ(O)c12. The second kappa shape index (κ2) is 9.25. The molecule has 0 saturated heterocycles. The first-order valence-electron chi connectivity index (χ1n) is 8.78. The number of esters is 1. The van der Waals surface area contributed by atoms with Crippen LogP contribution in [0.1, 0.15) is 18.1 Å². The summed E-state index contributed by atoms with van der Waals surface area (Å²) in [7, 11) is 1.49. The van der Waals surface area contributed by atoms with Crippen LogP contribution in [0, 0.1) is 0 Å². The fourth-order valence-corrected chi connectivity index (χ4v) is 2.87. The summed E-state index contributed by atoms with van der Waals surface area (Å²) < 4.78 is 27.1. The zero-order valence-electron chi connectivity index (χ0n) is 15.8. The van der Waals surface area contributed by atoms with Gasteiger partial charge in [-0.25, -0.2) is 0 Å². The lowest BCUT2D eigenvalue weighted by Crippen LogP contribution is -2.09. The first kappa shape index (κ1) is 19.7. The van der Waals surface area contributed by atoms with Gasteiger partial charge in [0, 0.05) is 32.1 Å². The van der Waals surface area contributed by atoms with Gasteiger partial charge in [0.15, 0.2) is 12.5 Å². The van der Waals surface area contributed by atoms with E-state index in [1.54, 1.807) is 6.07 Å². The van der Waals surface area contributed by atoms with Crippen molar-refractivity contribution in [2.24, 2.45) is 0 Å². The summed E-state index contributed by atoms with van der Waals surface area (Å²) >= 11 is 0. The van der Waals surface area contributed by atoms with Gasteiger partial charge in [0.2, 0.25) is 0 Å². The van der Waals surface area contributed by atoms with Crippen molar-refractivity contribution in [2.75, 3.05) is 20.5 Å². The third-order valence-electron chi connectivity index (χ3n) is 4.04. The maximum absolute atomic E-state index is 11.5. The maximum atomic E-state index is 11.5. The molecular formula is C21H22O7. The molecule has 0 fully saturated rings. The molecule has 0 aliphatic heterocycles. The summed E-state index contributed by atoms with van der Waals surface area (Å²) in [5.41, 5.74) is 1.99. The quantitative estimate of drug-likeness (QED) is 0.259. The molecule has 0 aliphatic carbocycles. The molecular weight excluding hydrogens is 364 g/mol. The lowest BCUT2D eigenvalue weighted by atomic mass is 10.1. The Bertz CT molecular complexity index is 931. The second-order valence-corrected chi connectivity index (χ2v) is 6.11. The highest BCUT2D eigenvalue weighted by Crippen LogP contribution is 2.43. The van der Waals surface area contributed by atoms with Crippen LogP contribution < -0.4 is 9.47 Å². The van der Waals surface area contributed by atoms with Crippen molar-refractivity contribution in [2.45, 2.75) is 20.0 Å². The summed E-state index contributed by atoms with van der Waals surface area (Å²) in [5.74, 6) is 0.0927. The molecule has 3 aromatic rings. The number of hydrogen-bond donors (Lipinski definition) is 1. The lowest BCUT2D eigenvalue weighted by Gasteiger charge is -2.16. The standard InChI is InChI=1S/C21H22O7/c1-14(22)28-18-10-19-20(17(23)12-26-19)21(27-13-24-2)16(18)8-9-25-11-15-6-4-3-5-7-15/h3-7,10,12,23H,8-9,11,13H2,1-2H3. The number of fused-ring (bicyclic) bond motifs is 1. The second-order valence-electron chi connectivity index (χ2n) is 6.11. The first-order chi connectivity index (χ1) is 13.6. The van der Waals surface area contributed by atoms with E-state index < -0.39 is 5.97 Å². The Balaban J connectivity index is 1.87. The predicted octanol–water partition coefficient (Wildman–Crippen LogP) is 3.81. The van der Waals surface area contributed by atoms with Crippen LogP contribution in [0.2, 0.25) is 0 Å². The van der Waals surface area contributed by atoms with E-state index in [2.05, 4.69) is 0 Å². The Kier molecular flexibility index (Phi) is 6.52. The smallest absolute Gasteiger partial charge is 0.308 e. The summed E-state index contributed by atoms with van der Waals surface area (Å²) in [6.45, 7) is 2.09. The van der Waals surface area contributed by atoms with Crippen LogP contribution in [0.5, 0.6) is 17.2 Å². The number of methoxy groups -OCH3 is 1. The van der Waals surface area contributed by atoms with Gasteiger partial charge in [-0.1, -0.05) is 30.3 Å². The molecule has 0 amide bonds. The van der Waals surface area contributed by atoms with Gasteiger partial charge in [-0.05, 0) is 5.56 Å². The van der Waals surface area contributed by atoms with Crippen molar-refractivity contribution < 1.29 is 33.3 Å². The van der Waals surface area contributed by atoms with Gasteiger partial charge in [-0.2, -0.15) is 0 Å². The molecule has 28 heavy (non-hydrogen) atoms. The van der Waals surface area contributed by atoms with Gasteiger partial charge >= 0.3 is 5.97 Å². The molecule has 1 heterocycles. The highest BCUT2D eigenvalue weighted by molar-refractivity contribution is 5.93. The summed E-state index contributed by atoms with van der Waals surface area (Å²) in [6, 6.07) is 11.4.